The molecule has 0 aliphatic heterocycles. The molecule has 1 rings (SSSR count). The molecule has 17 heavy (non-hydrogen) atoms. The molecule has 0 saturated carbocycles. The molecule has 0 radical (unpaired) electrons. The molecule has 0 saturated heterocycles. The van der Waals surface area contributed by atoms with Crippen molar-refractivity contribution in [1.29, 1.82) is 0 Å². The Morgan fingerprint density at radius 2 is 2.00 bits per heavy atom. The van der Waals surface area contributed by atoms with Crippen LogP contribution in [0.4, 0.5) is 0 Å². The second kappa shape index (κ2) is 5.29. The highest BCUT2D eigenvalue weighted by molar-refractivity contribution is 7.89. The van der Waals surface area contributed by atoms with Gasteiger partial charge in [0.15, 0.2) is 0 Å². The van der Waals surface area contributed by atoms with Crippen LogP contribution in [0.3, 0.4) is 0 Å². The van der Waals surface area contributed by atoms with E-state index in [1.54, 1.807) is 6.92 Å². The molecule has 0 spiro atoms. The van der Waals surface area contributed by atoms with E-state index in [1.807, 2.05) is 6.92 Å². The zero-order valence-corrected chi connectivity index (χ0v) is 10.5. The number of hydrogen-bond acceptors (Lipinski definition) is 3. The average molecular weight is 257 g/mol. The summed E-state index contributed by atoms with van der Waals surface area (Å²) >= 11 is 0. The minimum Gasteiger partial charge on any atom is -0.478 e. The van der Waals surface area contributed by atoms with Gasteiger partial charge in [0.05, 0.1) is 10.5 Å². The SMILES string of the molecule is CCC(C)NS(=O)(=O)c1ccccc1C(=O)O. The molecule has 0 amide bonds. The standard InChI is InChI=1S/C11H15NO4S/c1-3-8(2)12-17(15,16)10-7-5-4-6-9(10)11(13)14/h4-8,12H,3H2,1-2H3,(H,13,14). The van der Waals surface area contributed by atoms with Crippen molar-refractivity contribution in [1.82, 2.24) is 4.72 Å². The fourth-order valence-corrected chi connectivity index (χ4v) is 2.82. The van der Waals surface area contributed by atoms with Crippen LogP contribution in [0.5, 0.6) is 0 Å². The quantitative estimate of drug-likeness (QED) is 0.836. The molecular weight excluding hydrogens is 242 g/mol. The van der Waals surface area contributed by atoms with Crippen molar-refractivity contribution in [3.05, 3.63) is 29.8 Å². The number of rotatable bonds is 5. The minimum absolute atomic E-state index is 0.201. The van der Waals surface area contributed by atoms with Crippen LogP contribution in [-0.4, -0.2) is 25.5 Å². The fourth-order valence-electron chi connectivity index (χ4n) is 1.29. The van der Waals surface area contributed by atoms with E-state index in [0.717, 1.165) is 0 Å². The van der Waals surface area contributed by atoms with Crippen molar-refractivity contribution in [3.8, 4) is 0 Å². The first-order valence-electron chi connectivity index (χ1n) is 5.23. The van der Waals surface area contributed by atoms with E-state index in [9.17, 15) is 13.2 Å². The molecule has 1 aromatic carbocycles. The lowest BCUT2D eigenvalue weighted by molar-refractivity contribution is 0.0692. The number of benzene rings is 1. The first-order valence-corrected chi connectivity index (χ1v) is 6.71. The third kappa shape index (κ3) is 3.28. The van der Waals surface area contributed by atoms with Gasteiger partial charge >= 0.3 is 5.97 Å². The predicted molar refractivity (Wildman–Crippen MR) is 63.5 cm³/mol. The zero-order valence-electron chi connectivity index (χ0n) is 9.67. The Labute approximate surface area is 101 Å². The monoisotopic (exact) mass is 257 g/mol. The Kier molecular flexibility index (Phi) is 4.25. The Balaban J connectivity index is 3.20. The Morgan fingerprint density at radius 1 is 1.41 bits per heavy atom. The van der Waals surface area contributed by atoms with Gasteiger partial charge in [-0.25, -0.2) is 17.9 Å². The maximum Gasteiger partial charge on any atom is 0.337 e. The average Bonchev–Trinajstić information content (AvgIpc) is 2.28. The van der Waals surface area contributed by atoms with Crippen LogP contribution in [0.15, 0.2) is 29.2 Å². The topological polar surface area (TPSA) is 83.5 Å². The van der Waals surface area contributed by atoms with Gasteiger partial charge in [-0.1, -0.05) is 19.1 Å². The van der Waals surface area contributed by atoms with Crippen LogP contribution in [0.1, 0.15) is 30.6 Å². The highest BCUT2D eigenvalue weighted by Gasteiger charge is 2.22. The van der Waals surface area contributed by atoms with Crippen LogP contribution >= 0.6 is 0 Å². The lowest BCUT2D eigenvalue weighted by Crippen LogP contribution is -2.33. The molecule has 5 nitrogen and oxygen atoms in total. The first kappa shape index (κ1) is 13.7. The van der Waals surface area contributed by atoms with Gasteiger partial charge in [0.1, 0.15) is 0 Å². The van der Waals surface area contributed by atoms with E-state index in [0.29, 0.717) is 6.42 Å². The second-order valence-electron chi connectivity index (χ2n) is 3.73. The molecular formula is C11H15NO4S. The number of sulfonamides is 1. The molecule has 1 atom stereocenters. The molecule has 0 heterocycles. The van der Waals surface area contributed by atoms with Crippen molar-refractivity contribution in [2.24, 2.45) is 0 Å². The van der Waals surface area contributed by atoms with Gasteiger partial charge in [-0.05, 0) is 25.5 Å². The normalized spacial score (nSPS) is 13.3. The molecule has 0 aromatic heterocycles. The number of carboxylic acids is 1. The first-order chi connectivity index (χ1) is 7.88. The van der Waals surface area contributed by atoms with Crippen LogP contribution in [0, 0.1) is 0 Å². The summed E-state index contributed by atoms with van der Waals surface area (Å²) in [4.78, 5) is 10.7. The van der Waals surface area contributed by atoms with Gasteiger partial charge in [0, 0.05) is 6.04 Å². The summed E-state index contributed by atoms with van der Waals surface area (Å²) in [6.45, 7) is 3.57. The van der Waals surface area contributed by atoms with E-state index >= 15 is 0 Å². The number of aromatic carboxylic acids is 1. The van der Waals surface area contributed by atoms with Crippen LogP contribution < -0.4 is 4.72 Å². The van der Waals surface area contributed by atoms with Crippen molar-refractivity contribution in [2.45, 2.75) is 31.2 Å². The Bertz CT molecular complexity index is 510. The molecule has 0 aliphatic carbocycles. The van der Waals surface area contributed by atoms with E-state index in [-0.39, 0.29) is 16.5 Å². The maximum atomic E-state index is 12.0. The zero-order chi connectivity index (χ0) is 13.1. The van der Waals surface area contributed by atoms with Gasteiger partial charge in [-0.3, -0.25) is 0 Å². The van der Waals surface area contributed by atoms with Crippen LogP contribution in [0.25, 0.3) is 0 Å². The van der Waals surface area contributed by atoms with Crippen molar-refractivity contribution < 1.29 is 18.3 Å². The third-order valence-electron chi connectivity index (χ3n) is 2.38. The number of carboxylic acid groups (broad SMARTS) is 1. The summed E-state index contributed by atoms with van der Waals surface area (Å²) in [6.07, 6.45) is 0.633. The number of carbonyl (C=O) groups is 1. The van der Waals surface area contributed by atoms with Crippen molar-refractivity contribution in [2.75, 3.05) is 0 Å². The van der Waals surface area contributed by atoms with Crippen LogP contribution in [0.2, 0.25) is 0 Å². The molecule has 2 N–H and O–H groups in total. The summed E-state index contributed by atoms with van der Waals surface area (Å²) in [5, 5.41) is 8.93. The summed E-state index contributed by atoms with van der Waals surface area (Å²) in [5.41, 5.74) is -0.219. The van der Waals surface area contributed by atoms with Crippen LogP contribution in [-0.2, 0) is 10.0 Å². The summed E-state index contributed by atoms with van der Waals surface area (Å²) in [5.74, 6) is -1.25. The Morgan fingerprint density at radius 3 is 2.53 bits per heavy atom. The molecule has 0 aliphatic rings. The summed E-state index contributed by atoms with van der Waals surface area (Å²) < 4.78 is 26.3. The molecule has 1 aromatic rings. The molecule has 0 fully saturated rings. The third-order valence-corrected chi connectivity index (χ3v) is 4.02. The molecule has 1 unspecified atom stereocenters. The van der Waals surface area contributed by atoms with E-state index in [1.165, 1.54) is 24.3 Å². The summed E-state index contributed by atoms with van der Waals surface area (Å²) in [7, 11) is -3.78. The Hall–Kier alpha value is -1.40. The second-order valence-corrected chi connectivity index (χ2v) is 5.41. The van der Waals surface area contributed by atoms with Gasteiger partial charge in [-0.15, -0.1) is 0 Å². The number of nitrogens with one attached hydrogen (secondary N) is 1. The van der Waals surface area contributed by atoms with Gasteiger partial charge < -0.3 is 5.11 Å². The molecule has 6 heteroatoms. The smallest absolute Gasteiger partial charge is 0.337 e. The maximum absolute atomic E-state index is 12.0. The minimum atomic E-state index is -3.78. The van der Waals surface area contributed by atoms with Crippen molar-refractivity contribution in [3.63, 3.8) is 0 Å². The van der Waals surface area contributed by atoms with Gasteiger partial charge in [0.25, 0.3) is 0 Å². The lowest BCUT2D eigenvalue weighted by atomic mass is 10.2. The van der Waals surface area contributed by atoms with E-state index in [4.69, 9.17) is 5.11 Å². The van der Waals surface area contributed by atoms with Crippen molar-refractivity contribution >= 4 is 16.0 Å². The van der Waals surface area contributed by atoms with Gasteiger partial charge in [-0.2, -0.15) is 0 Å². The molecule has 94 valence electrons. The summed E-state index contributed by atoms with van der Waals surface area (Å²) in [6, 6.07) is 5.31. The largest absolute Gasteiger partial charge is 0.478 e. The lowest BCUT2D eigenvalue weighted by Gasteiger charge is -2.13. The van der Waals surface area contributed by atoms with Gasteiger partial charge in [0.2, 0.25) is 10.0 Å². The highest BCUT2D eigenvalue weighted by atomic mass is 32.2. The van der Waals surface area contributed by atoms with E-state index < -0.39 is 16.0 Å². The highest BCUT2D eigenvalue weighted by Crippen LogP contribution is 2.15. The fraction of sp³-hybridized carbons (Fsp3) is 0.364. The molecule has 0 bridgehead atoms. The number of hydrogen-bond donors (Lipinski definition) is 2. The predicted octanol–water partition coefficient (Wildman–Crippen LogP) is 1.46. The van der Waals surface area contributed by atoms with E-state index in [2.05, 4.69) is 4.72 Å².